The fourth-order valence-corrected chi connectivity index (χ4v) is 4.25. The van der Waals surface area contributed by atoms with Gasteiger partial charge in [0.05, 0.1) is 16.8 Å². The van der Waals surface area contributed by atoms with Crippen molar-refractivity contribution in [3.05, 3.63) is 95.8 Å². The summed E-state index contributed by atoms with van der Waals surface area (Å²) >= 11 is 0. The van der Waals surface area contributed by atoms with Crippen LogP contribution < -0.4 is 0 Å². The molecule has 0 radical (unpaired) electrons. The molecule has 32 heavy (non-hydrogen) atoms. The van der Waals surface area contributed by atoms with Crippen LogP contribution in [0.5, 0.6) is 0 Å². The largest absolute Gasteiger partial charge is 0.336 e. The van der Waals surface area contributed by atoms with Gasteiger partial charge in [-0.3, -0.25) is 14.7 Å². The summed E-state index contributed by atoms with van der Waals surface area (Å²) in [4.78, 5) is 26.9. The Balaban J connectivity index is 1.39. The highest BCUT2D eigenvalue weighted by molar-refractivity contribution is 6.07. The lowest BCUT2D eigenvalue weighted by Gasteiger charge is -2.35. The van der Waals surface area contributed by atoms with Crippen molar-refractivity contribution in [1.29, 1.82) is 0 Å². The highest BCUT2D eigenvalue weighted by atomic mass is 16.2. The fraction of sp³-hybridized carbons (Fsp3) is 0.222. The zero-order chi connectivity index (χ0) is 21.9. The van der Waals surface area contributed by atoms with Gasteiger partial charge in [-0.2, -0.15) is 0 Å². The van der Waals surface area contributed by atoms with E-state index in [4.69, 9.17) is 4.98 Å². The molecule has 1 saturated heterocycles. The van der Waals surface area contributed by atoms with Gasteiger partial charge in [0.1, 0.15) is 0 Å². The van der Waals surface area contributed by atoms with Crippen LogP contribution in [0.1, 0.15) is 21.5 Å². The summed E-state index contributed by atoms with van der Waals surface area (Å²) in [5, 5.41) is 0.910. The molecule has 2 aromatic carbocycles. The lowest BCUT2D eigenvalue weighted by Crippen LogP contribution is -2.48. The fourth-order valence-electron chi connectivity index (χ4n) is 4.25. The molecular weight excluding hydrogens is 396 g/mol. The van der Waals surface area contributed by atoms with E-state index >= 15 is 0 Å². The number of carbonyl (C=O) groups excluding carboxylic acids is 1. The topological polar surface area (TPSA) is 49.3 Å². The zero-order valence-corrected chi connectivity index (χ0v) is 18.2. The molecule has 1 fully saturated rings. The van der Waals surface area contributed by atoms with E-state index in [0.717, 1.165) is 60.4 Å². The first-order valence-electron chi connectivity index (χ1n) is 11.0. The third-order valence-corrected chi connectivity index (χ3v) is 6.11. The van der Waals surface area contributed by atoms with Gasteiger partial charge in [0.2, 0.25) is 0 Å². The Kier molecular flexibility index (Phi) is 5.65. The van der Waals surface area contributed by atoms with Crippen LogP contribution in [-0.4, -0.2) is 51.9 Å². The average molecular weight is 423 g/mol. The standard InChI is InChI=1S/C27H26N4O/c1-20-6-8-22(9-7-20)26-18-24(23-4-2-3-5-25(23)29-26)27(32)31-16-14-30(15-17-31)19-21-10-12-28-13-11-21/h2-13,18H,14-17,19H2,1H3. The number of pyridine rings is 2. The van der Waals surface area contributed by atoms with E-state index in [9.17, 15) is 4.79 Å². The maximum Gasteiger partial charge on any atom is 0.254 e. The number of nitrogens with zero attached hydrogens (tertiary/aromatic N) is 4. The van der Waals surface area contributed by atoms with E-state index in [1.165, 1.54) is 11.1 Å². The van der Waals surface area contributed by atoms with E-state index in [1.54, 1.807) is 0 Å². The second kappa shape index (κ2) is 8.89. The number of hydrogen-bond donors (Lipinski definition) is 0. The number of benzene rings is 2. The van der Waals surface area contributed by atoms with Gasteiger partial charge in [-0.1, -0.05) is 48.0 Å². The summed E-state index contributed by atoms with van der Waals surface area (Å²) < 4.78 is 0. The molecule has 1 aliphatic rings. The Bertz CT molecular complexity index is 1230. The molecule has 2 aromatic heterocycles. The smallest absolute Gasteiger partial charge is 0.254 e. The van der Waals surface area contributed by atoms with Crippen LogP contribution in [0, 0.1) is 6.92 Å². The van der Waals surface area contributed by atoms with Gasteiger partial charge in [0.15, 0.2) is 0 Å². The summed E-state index contributed by atoms with van der Waals surface area (Å²) in [6, 6.07) is 22.3. The van der Waals surface area contributed by atoms with Gasteiger partial charge in [0.25, 0.3) is 5.91 Å². The van der Waals surface area contributed by atoms with E-state index in [1.807, 2.05) is 59.8 Å². The number of piperazine rings is 1. The van der Waals surface area contributed by atoms with Crippen molar-refractivity contribution in [2.75, 3.05) is 26.2 Å². The third kappa shape index (κ3) is 4.25. The van der Waals surface area contributed by atoms with Gasteiger partial charge in [-0.25, -0.2) is 4.98 Å². The van der Waals surface area contributed by atoms with Crippen LogP contribution >= 0.6 is 0 Å². The molecule has 0 bridgehead atoms. The van der Waals surface area contributed by atoms with Gasteiger partial charge in [-0.15, -0.1) is 0 Å². The van der Waals surface area contributed by atoms with Gasteiger partial charge < -0.3 is 4.90 Å². The predicted molar refractivity (Wildman–Crippen MR) is 127 cm³/mol. The summed E-state index contributed by atoms with van der Waals surface area (Å²) in [7, 11) is 0. The molecule has 0 N–H and O–H groups in total. The maximum absolute atomic E-state index is 13.6. The maximum atomic E-state index is 13.6. The summed E-state index contributed by atoms with van der Waals surface area (Å²) in [5.74, 6) is 0.0838. The number of rotatable bonds is 4. The van der Waals surface area contributed by atoms with Gasteiger partial charge in [-0.05, 0) is 36.8 Å². The number of aromatic nitrogens is 2. The lowest BCUT2D eigenvalue weighted by molar-refractivity contribution is 0.0630. The Hall–Kier alpha value is -3.57. The first-order valence-corrected chi connectivity index (χ1v) is 11.0. The molecule has 1 amide bonds. The summed E-state index contributed by atoms with van der Waals surface area (Å²) in [6.45, 7) is 6.13. The second-order valence-electron chi connectivity index (χ2n) is 8.36. The molecule has 5 rings (SSSR count). The van der Waals surface area contributed by atoms with Crippen LogP contribution in [0.2, 0.25) is 0 Å². The molecule has 1 aliphatic heterocycles. The van der Waals surface area contributed by atoms with Crippen molar-refractivity contribution >= 4 is 16.8 Å². The van der Waals surface area contributed by atoms with Crippen LogP contribution in [0.4, 0.5) is 0 Å². The molecular formula is C27H26N4O. The highest BCUT2D eigenvalue weighted by Crippen LogP contribution is 2.26. The molecule has 0 atom stereocenters. The van der Waals surface area contributed by atoms with Gasteiger partial charge in [0, 0.05) is 56.1 Å². The molecule has 0 unspecified atom stereocenters. The SMILES string of the molecule is Cc1ccc(-c2cc(C(=O)N3CCN(Cc4ccncc4)CC3)c3ccccc3n2)cc1. The molecule has 0 aliphatic carbocycles. The van der Waals surface area contributed by atoms with Crippen molar-refractivity contribution in [3.8, 4) is 11.3 Å². The van der Waals surface area contributed by atoms with Crippen molar-refractivity contribution in [1.82, 2.24) is 19.8 Å². The molecule has 4 aromatic rings. The second-order valence-corrected chi connectivity index (χ2v) is 8.36. The average Bonchev–Trinajstić information content (AvgIpc) is 2.84. The molecule has 5 nitrogen and oxygen atoms in total. The van der Waals surface area contributed by atoms with E-state index in [0.29, 0.717) is 0 Å². The van der Waals surface area contributed by atoms with Gasteiger partial charge >= 0.3 is 0 Å². The Morgan fingerprint density at radius 1 is 0.906 bits per heavy atom. The molecule has 0 spiro atoms. The Morgan fingerprint density at radius 3 is 2.38 bits per heavy atom. The Labute approximate surface area is 188 Å². The van der Waals surface area contributed by atoms with Crippen LogP contribution in [0.25, 0.3) is 22.2 Å². The first kappa shape index (κ1) is 20.3. The number of hydrogen-bond acceptors (Lipinski definition) is 4. The minimum absolute atomic E-state index is 0.0838. The molecule has 5 heteroatoms. The monoisotopic (exact) mass is 422 g/mol. The summed E-state index contributed by atoms with van der Waals surface area (Å²) in [6.07, 6.45) is 3.66. The third-order valence-electron chi connectivity index (χ3n) is 6.11. The molecule has 0 saturated carbocycles. The van der Waals surface area contributed by atoms with Crippen LogP contribution in [0.15, 0.2) is 79.1 Å². The quantitative estimate of drug-likeness (QED) is 0.484. The van der Waals surface area contributed by atoms with Crippen molar-refractivity contribution < 1.29 is 4.79 Å². The van der Waals surface area contributed by atoms with E-state index in [2.05, 4.69) is 41.1 Å². The molecule has 3 heterocycles. The van der Waals surface area contributed by atoms with Crippen LogP contribution in [0.3, 0.4) is 0 Å². The minimum atomic E-state index is 0.0838. The lowest BCUT2D eigenvalue weighted by atomic mass is 10.0. The first-order chi connectivity index (χ1) is 15.7. The number of carbonyl (C=O) groups is 1. The summed E-state index contributed by atoms with van der Waals surface area (Å²) in [5.41, 5.74) is 5.90. The number of aryl methyl sites for hydroxylation is 1. The van der Waals surface area contributed by atoms with Crippen molar-refractivity contribution in [3.63, 3.8) is 0 Å². The van der Waals surface area contributed by atoms with Crippen LogP contribution in [-0.2, 0) is 6.54 Å². The number of para-hydroxylation sites is 1. The highest BCUT2D eigenvalue weighted by Gasteiger charge is 2.24. The normalized spacial score (nSPS) is 14.6. The minimum Gasteiger partial charge on any atom is -0.336 e. The Morgan fingerprint density at radius 2 is 1.62 bits per heavy atom. The van der Waals surface area contributed by atoms with Crippen molar-refractivity contribution in [2.24, 2.45) is 0 Å². The number of fused-ring (bicyclic) bond motifs is 1. The zero-order valence-electron chi connectivity index (χ0n) is 18.2. The predicted octanol–water partition coefficient (Wildman–Crippen LogP) is 4.56. The van der Waals surface area contributed by atoms with E-state index in [-0.39, 0.29) is 5.91 Å². The number of amides is 1. The van der Waals surface area contributed by atoms with E-state index < -0.39 is 0 Å². The van der Waals surface area contributed by atoms with Crippen molar-refractivity contribution in [2.45, 2.75) is 13.5 Å². The molecule has 160 valence electrons.